The Kier molecular flexibility index (Phi) is 10.2. The molecule has 0 aromatic heterocycles. The van der Waals surface area contributed by atoms with Crippen molar-refractivity contribution in [3.8, 4) is 5.75 Å². The first kappa shape index (κ1) is 23.8. The van der Waals surface area contributed by atoms with Crippen LogP contribution in [-0.2, 0) is 16.1 Å². The van der Waals surface area contributed by atoms with E-state index in [4.69, 9.17) is 14.2 Å². The van der Waals surface area contributed by atoms with Crippen molar-refractivity contribution in [1.29, 1.82) is 0 Å². The van der Waals surface area contributed by atoms with E-state index < -0.39 is 5.60 Å². The zero-order chi connectivity index (χ0) is 20.4. The highest BCUT2D eigenvalue weighted by atomic mass is 79.9. The molecule has 0 aliphatic carbocycles. The van der Waals surface area contributed by atoms with Gasteiger partial charge in [-0.2, -0.15) is 0 Å². The minimum atomic E-state index is -0.448. The number of carbonyl (C=O) groups excluding carboxylic acids is 1. The first-order chi connectivity index (χ1) is 12.8. The van der Waals surface area contributed by atoms with Gasteiger partial charge in [0.15, 0.2) is 0 Å². The molecule has 1 fully saturated rings. The minimum absolute atomic E-state index is 0.220. The van der Waals surface area contributed by atoms with Crippen molar-refractivity contribution in [3.63, 3.8) is 0 Å². The lowest BCUT2D eigenvalue weighted by atomic mass is 9.98. The quantitative estimate of drug-likeness (QED) is 0.589. The third-order valence-electron chi connectivity index (χ3n) is 4.06. The van der Waals surface area contributed by atoms with Crippen molar-refractivity contribution in [2.24, 2.45) is 5.92 Å². The Balaban J connectivity index is 0.00000176. The van der Waals surface area contributed by atoms with Crippen LogP contribution in [0.2, 0.25) is 0 Å². The van der Waals surface area contributed by atoms with Gasteiger partial charge in [-0.1, -0.05) is 29.8 Å². The number of halogens is 1. The van der Waals surface area contributed by atoms with Crippen LogP contribution in [0.4, 0.5) is 4.79 Å². The number of methoxy groups -OCH3 is 1. The summed E-state index contributed by atoms with van der Waals surface area (Å²) in [5.41, 5.74) is 0.583. The van der Waals surface area contributed by atoms with Gasteiger partial charge in [0, 0.05) is 30.2 Å². The average Bonchev–Trinajstić information content (AvgIpc) is 2.62. The first-order valence-corrected chi connectivity index (χ1v) is 10.5. The Morgan fingerprint density at radius 1 is 1.22 bits per heavy atom. The molecule has 1 amide bonds. The second kappa shape index (κ2) is 11.5. The summed E-state index contributed by atoms with van der Waals surface area (Å²) in [4.78, 5) is 13.9. The number of likely N-dealkylation sites (tertiary alicyclic amines) is 1. The number of hydrogen-bond donors (Lipinski definition) is 0. The predicted octanol–water partition coefficient (Wildman–Crippen LogP) is 5.65. The fraction of sp³-hybridized carbons (Fsp3) is 0.667. The standard InChI is InChI=1S/C19H28BrNO4.C2H6/c1-19(2,3)25-18(22)21-9-7-14(8-10-21)12-24-17-6-5-16(20)11-15(17)13-23-4;1-2/h5-6,11,14H,7-10,12-13H2,1-4H3;1-2H3. The van der Waals surface area contributed by atoms with Crippen molar-refractivity contribution in [2.75, 3.05) is 26.8 Å². The maximum absolute atomic E-state index is 12.1. The molecule has 1 heterocycles. The maximum Gasteiger partial charge on any atom is 0.410 e. The Morgan fingerprint density at radius 2 is 1.85 bits per heavy atom. The van der Waals surface area contributed by atoms with Crippen LogP contribution < -0.4 is 4.74 Å². The molecule has 0 spiro atoms. The SMILES string of the molecule is CC.COCc1cc(Br)ccc1OCC1CCN(C(=O)OC(C)(C)C)CC1. The van der Waals surface area contributed by atoms with Crippen LogP contribution in [0.25, 0.3) is 0 Å². The van der Waals surface area contributed by atoms with Crippen LogP contribution in [0.3, 0.4) is 0 Å². The zero-order valence-electron chi connectivity index (χ0n) is 17.5. The van der Waals surface area contributed by atoms with E-state index in [0.717, 1.165) is 28.6 Å². The minimum Gasteiger partial charge on any atom is -0.493 e. The molecule has 27 heavy (non-hydrogen) atoms. The number of hydrogen-bond acceptors (Lipinski definition) is 4. The van der Waals surface area contributed by atoms with Gasteiger partial charge in [0.2, 0.25) is 0 Å². The average molecular weight is 444 g/mol. The zero-order valence-corrected chi connectivity index (χ0v) is 19.1. The van der Waals surface area contributed by atoms with Crippen LogP contribution in [0.1, 0.15) is 53.0 Å². The fourth-order valence-electron chi connectivity index (χ4n) is 2.77. The van der Waals surface area contributed by atoms with Gasteiger partial charge in [-0.15, -0.1) is 0 Å². The highest BCUT2D eigenvalue weighted by molar-refractivity contribution is 9.10. The van der Waals surface area contributed by atoms with E-state index in [2.05, 4.69) is 15.9 Å². The molecular weight excluding hydrogens is 410 g/mol. The number of piperidine rings is 1. The fourth-order valence-corrected chi connectivity index (χ4v) is 3.18. The summed E-state index contributed by atoms with van der Waals surface area (Å²) < 4.78 is 17.7. The second-order valence-corrected chi connectivity index (χ2v) is 8.32. The lowest BCUT2D eigenvalue weighted by Crippen LogP contribution is -2.42. The molecule has 6 heteroatoms. The van der Waals surface area contributed by atoms with E-state index in [-0.39, 0.29) is 6.09 Å². The summed E-state index contributed by atoms with van der Waals surface area (Å²) in [6.07, 6.45) is 1.63. The van der Waals surface area contributed by atoms with Crippen LogP contribution in [0, 0.1) is 5.92 Å². The van der Waals surface area contributed by atoms with Gasteiger partial charge in [0.25, 0.3) is 0 Å². The molecular formula is C21H34BrNO4. The van der Waals surface area contributed by atoms with E-state index in [0.29, 0.717) is 32.2 Å². The molecule has 1 aromatic carbocycles. The molecule has 0 atom stereocenters. The van der Waals surface area contributed by atoms with Gasteiger partial charge >= 0.3 is 6.09 Å². The van der Waals surface area contributed by atoms with Gasteiger partial charge in [-0.25, -0.2) is 4.79 Å². The third kappa shape index (κ3) is 8.52. The van der Waals surface area contributed by atoms with E-state index in [1.165, 1.54) is 0 Å². The van der Waals surface area contributed by atoms with Gasteiger partial charge in [0.05, 0.1) is 13.2 Å². The van der Waals surface area contributed by atoms with E-state index >= 15 is 0 Å². The van der Waals surface area contributed by atoms with Gasteiger partial charge < -0.3 is 19.1 Å². The lowest BCUT2D eigenvalue weighted by molar-refractivity contribution is 0.0164. The molecule has 1 aliphatic heterocycles. The molecule has 1 aromatic rings. The molecule has 154 valence electrons. The van der Waals surface area contributed by atoms with Crippen molar-refractivity contribution >= 4 is 22.0 Å². The molecule has 2 rings (SSSR count). The number of amides is 1. The number of ether oxygens (including phenoxy) is 3. The van der Waals surface area contributed by atoms with Gasteiger partial charge in [0.1, 0.15) is 11.4 Å². The van der Waals surface area contributed by atoms with Crippen LogP contribution >= 0.6 is 15.9 Å². The van der Waals surface area contributed by atoms with Crippen molar-refractivity contribution < 1.29 is 19.0 Å². The summed E-state index contributed by atoms with van der Waals surface area (Å²) >= 11 is 3.47. The van der Waals surface area contributed by atoms with Crippen LogP contribution in [0.5, 0.6) is 5.75 Å². The lowest BCUT2D eigenvalue weighted by Gasteiger charge is -2.33. The number of rotatable bonds is 5. The predicted molar refractivity (Wildman–Crippen MR) is 112 cm³/mol. The molecule has 1 aliphatic rings. The molecule has 0 radical (unpaired) electrons. The molecule has 0 unspecified atom stereocenters. The highest BCUT2D eigenvalue weighted by Crippen LogP contribution is 2.26. The first-order valence-electron chi connectivity index (χ1n) is 9.66. The summed E-state index contributed by atoms with van der Waals surface area (Å²) in [6.45, 7) is 12.3. The molecule has 5 nitrogen and oxygen atoms in total. The normalized spacial score (nSPS) is 15.0. The Morgan fingerprint density at radius 3 is 2.41 bits per heavy atom. The topological polar surface area (TPSA) is 48.0 Å². The molecule has 0 N–H and O–H groups in total. The Hall–Kier alpha value is -1.27. The second-order valence-electron chi connectivity index (χ2n) is 7.41. The monoisotopic (exact) mass is 443 g/mol. The molecule has 1 saturated heterocycles. The van der Waals surface area contributed by atoms with Crippen molar-refractivity contribution in [3.05, 3.63) is 28.2 Å². The summed E-state index contributed by atoms with van der Waals surface area (Å²) in [5, 5.41) is 0. The van der Waals surface area contributed by atoms with E-state index in [1.807, 2.05) is 52.8 Å². The molecule has 0 bridgehead atoms. The maximum atomic E-state index is 12.1. The van der Waals surface area contributed by atoms with Crippen LogP contribution in [-0.4, -0.2) is 43.4 Å². The van der Waals surface area contributed by atoms with Crippen LogP contribution in [0.15, 0.2) is 22.7 Å². The number of nitrogens with zero attached hydrogens (tertiary/aromatic N) is 1. The third-order valence-corrected chi connectivity index (χ3v) is 4.56. The van der Waals surface area contributed by atoms with Gasteiger partial charge in [-0.3, -0.25) is 0 Å². The largest absolute Gasteiger partial charge is 0.493 e. The Bertz CT molecular complexity index is 578. The summed E-state index contributed by atoms with van der Waals surface area (Å²) in [7, 11) is 1.68. The smallest absolute Gasteiger partial charge is 0.410 e. The van der Waals surface area contributed by atoms with Crippen molar-refractivity contribution in [1.82, 2.24) is 4.90 Å². The van der Waals surface area contributed by atoms with Gasteiger partial charge in [-0.05, 0) is 57.7 Å². The number of carbonyl (C=O) groups is 1. The molecule has 0 saturated carbocycles. The Labute approximate surface area is 172 Å². The van der Waals surface area contributed by atoms with E-state index in [9.17, 15) is 4.79 Å². The van der Waals surface area contributed by atoms with E-state index in [1.54, 1.807) is 12.0 Å². The summed E-state index contributed by atoms with van der Waals surface area (Å²) in [5.74, 6) is 1.30. The number of benzene rings is 1. The highest BCUT2D eigenvalue weighted by Gasteiger charge is 2.27. The summed E-state index contributed by atoms with van der Waals surface area (Å²) in [6, 6.07) is 5.96. The van der Waals surface area contributed by atoms with Crippen molar-refractivity contribution in [2.45, 2.75) is 59.7 Å².